The second-order valence-corrected chi connectivity index (χ2v) is 9.26. The second-order valence-electron chi connectivity index (χ2n) is 9.26. The van der Waals surface area contributed by atoms with Gasteiger partial charge in [-0.2, -0.15) is 0 Å². The van der Waals surface area contributed by atoms with E-state index >= 15 is 0 Å². The highest BCUT2D eigenvalue weighted by molar-refractivity contribution is 5.83. The molecule has 0 heterocycles. The van der Waals surface area contributed by atoms with Crippen molar-refractivity contribution in [2.24, 2.45) is 17.3 Å². The fourth-order valence-electron chi connectivity index (χ4n) is 3.01. The van der Waals surface area contributed by atoms with Crippen LogP contribution >= 0.6 is 0 Å². The Morgan fingerprint density at radius 2 is 1.50 bits per heavy atom. The van der Waals surface area contributed by atoms with E-state index in [9.17, 15) is 19.5 Å². The Morgan fingerprint density at radius 3 is 1.96 bits per heavy atom. The van der Waals surface area contributed by atoms with Gasteiger partial charge in [-0.25, -0.2) is 0 Å². The number of hydrogen-bond donors (Lipinski definition) is 2. The second kappa shape index (κ2) is 13.6. The molecule has 2 atom stereocenters. The molecule has 0 aliphatic carbocycles. The predicted octanol–water partition coefficient (Wildman–Crippen LogP) is 4.56. The molecule has 0 spiro atoms. The molecule has 0 saturated carbocycles. The molecular weight excluding hydrogens is 358 g/mol. The lowest BCUT2D eigenvalue weighted by atomic mass is 9.86. The maximum absolute atomic E-state index is 12.7. The Bertz CT molecular complexity index is 482. The van der Waals surface area contributed by atoms with Crippen molar-refractivity contribution in [1.29, 1.82) is 0 Å². The number of ether oxygens (including phenoxy) is 1. The summed E-state index contributed by atoms with van der Waals surface area (Å²) in [5.74, 6) is -1.47. The number of carbonyl (C=O) groups excluding carboxylic acids is 2. The Balaban J connectivity index is 4.60. The lowest BCUT2D eigenvalue weighted by Gasteiger charge is -2.32. The molecule has 2 N–H and O–H groups in total. The lowest BCUT2D eigenvalue weighted by molar-refractivity contribution is -0.144. The van der Waals surface area contributed by atoms with E-state index in [0.717, 1.165) is 25.2 Å². The van der Waals surface area contributed by atoms with Gasteiger partial charge in [-0.15, -0.1) is 0 Å². The van der Waals surface area contributed by atoms with Gasteiger partial charge in [0.2, 0.25) is 5.91 Å². The summed E-state index contributed by atoms with van der Waals surface area (Å²) in [4.78, 5) is 35.0. The van der Waals surface area contributed by atoms with Crippen LogP contribution in [0, 0.1) is 17.3 Å². The van der Waals surface area contributed by atoms with E-state index in [-0.39, 0.29) is 30.4 Å². The minimum Gasteiger partial charge on any atom is -0.481 e. The van der Waals surface area contributed by atoms with Crippen LogP contribution in [0.15, 0.2) is 0 Å². The zero-order valence-electron chi connectivity index (χ0n) is 18.7. The third-order valence-corrected chi connectivity index (χ3v) is 4.94. The van der Waals surface area contributed by atoms with Crippen LogP contribution in [0.3, 0.4) is 0 Å². The number of nitrogens with one attached hydrogen (secondary N) is 1. The fraction of sp³-hybridized carbons (Fsp3) is 0.864. The molecule has 0 bridgehead atoms. The van der Waals surface area contributed by atoms with E-state index < -0.39 is 17.9 Å². The molecule has 0 radical (unpaired) electrons. The number of rotatable bonds is 14. The quantitative estimate of drug-likeness (QED) is 0.330. The first-order chi connectivity index (χ1) is 12.9. The summed E-state index contributed by atoms with van der Waals surface area (Å²) in [6.45, 7) is 11.7. The molecule has 164 valence electrons. The Hall–Kier alpha value is -1.59. The van der Waals surface area contributed by atoms with Gasteiger partial charge >= 0.3 is 11.9 Å². The van der Waals surface area contributed by atoms with Crippen LogP contribution < -0.4 is 5.32 Å². The van der Waals surface area contributed by atoms with Gasteiger partial charge in [0.1, 0.15) is 6.61 Å². The van der Waals surface area contributed by atoms with Crippen LogP contribution in [0.5, 0.6) is 0 Å². The first-order valence-electron chi connectivity index (χ1n) is 10.6. The molecular formula is C22H41NO5. The number of carbonyl (C=O) groups is 3. The van der Waals surface area contributed by atoms with Gasteiger partial charge in [-0.1, -0.05) is 73.1 Å². The highest BCUT2D eigenvalue weighted by atomic mass is 16.5. The molecule has 6 nitrogen and oxygen atoms in total. The van der Waals surface area contributed by atoms with E-state index in [4.69, 9.17) is 4.74 Å². The monoisotopic (exact) mass is 399 g/mol. The van der Waals surface area contributed by atoms with Gasteiger partial charge in [-0.3, -0.25) is 14.4 Å². The largest absolute Gasteiger partial charge is 0.481 e. The van der Waals surface area contributed by atoms with Crippen molar-refractivity contribution < 1.29 is 24.2 Å². The van der Waals surface area contributed by atoms with Crippen LogP contribution in [0.1, 0.15) is 92.9 Å². The predicted molar refractivity (Wildman–Crippen MR) is 111 cm³/mol. The maximum atomic E-state index is 12.7. The van der Waals surface area contributed by atoms with Gasteiger partial charge in [0.15, 0.2) is 0 Å². The maximum Gasteiger partial charge on any atom is 0.304 e. The molecule has 6 heteroatoms. The number of amides is 1. The fourth-order valence-corrected chi connectivity index (χ4v) is 3.01. The van der Waals surface area contributed by atoms with Crippen molar-refractivity contribution in [3.8, 4) is 0 Å². The molecule has 1 amide bonds. The first-order valence-corrected chi connectivity index (χ1v) is 10.6. The molecule has 0 fully saturated rings. The van der Waals surface area contributed by atoms with Gasteiger partial charge in [0.25, 0.3) is 0 Å². The van der Waals surface area contributed by atoms with E-state index in [1.165, 1.54) is 26.2 Å². The molecule has 0 aliphatic rings. The molecule has 0 saturated heterocycles. The smallest absolute Gasteiger partial charge is 0.304 e. The molecule has 0 aromatic heterocycles. The zero-order valence-corrected chi connectivity index (χ0v) is 18.7. The van der Waals surface area contributed by atoms with Crippen molar-refractivity contribution in [2.45, 2.75) is 99.0 Å². The summed E-state index contributed by atoms with van der Waals surface area (Å²) in [5, 5.41) is 12.1. The van der Waals surface area contributed by atoms with Crippen LogP contribution in [-0.4, -0.2) is 35.6 Å². The summed E-state index contributed by atoms with van der Waals surface area (Å²) in [6, 6.07) is -0.365. The Labute approximate surface area is 170 Å². The van der Waals surface area contributed by atoms with Crippen molar-refractivity contribution in [1.82, 2.24) is 5.32 Å². The molecule has 0 aromatic rings. The Kier molecular flexibility index (Phi) is 12.8. The summed E-state index contributed by atoms with van der Waals surface area (Å²) in [5.41, 5.74) is -0.310. The summed E-state index contributed by atoms with van der Waals surface area (Å²) >= 11 is 0. The summed E-state index contributed by atoms with van der Waals surface area (Å²) in [6.07, 6.45) is 7.00. The number of carboxylic acids is 1. The first kappa shape index (κ1) is 26.4. The van der Waals surface area contributed by atoms with Crippen molar-refractivity contribution in [3.05, 3.63) is 0 Å². The van der Waals surface area contributed by atoms with Gasteiger partial charge < -0.3 is 15.2 Å². The number of esters is 1. The zero-order chi connectivity index (χ0) is 21.7. The van der Waals surface area contributed by atoms with Crippen LogP contribution in [0.2, 0.25) is 0 Å². The van der Waals surface area contributed by atoms with Crippen LogP contribution in [0.4, 0.5) is 0 Å². The minimum atomic E-state index is -0.968. The number of unbranched alkanes of at least 4 members (excludes halogenated alkanes) is 4. The highest BCUT2D eigenvalue weighted by Crippen LogP contribution is 2.22. The van der Waals surface area contributed by atoms with E-state index in [1.54, 1.807) is 0 Å². The average Bonchev–Trinajstić information content (AvgIpc) is 2.54. The molecule has 0 aromatic carbocycles. The normalized spacial score (nSPS) is 13.8. The number of aliphatic carboxylic acids is 1. The van der Waals surface area contributed by atoms with Crippen LogP contribution in [-0.2, 0) is 19.1 Å². The van der Waals surface area contributed by atoms with Crippen molar-refractivity contribution in [2.75, 3.05) is 6.61 Å². The van der Waals surface area contributed by atoms with Gasteiger partial charge in [0, 0.05) is 12.8 Å². The lowest BCUT2D eigenvalue weighted by Crippen LogP contribution is -2.49. The van der Waals surface area contributed by atoms with E-state index in [1.807, 2.05) is 20.8 Å². The van der Waals surface area contributed by atoms with E-state index in [0.29, 0.717) is 6.42 Å². The van der Waals surface area contributed by atoms with Crippen molar-refractivity contribution in [3.63, 3.8) is 0 Å². The Morgan fingerprint density at radius 1 is 0.964 bits per heavy atom. The minimum absolute atomic E-state index is 0.0835. The molecule has 0 rings (SSSR count). The molecule has 0 unspecified atom stereocenters. The highest BCUT2D eigenvalue weighted by Gasteiger charge is 2.30. The van der Waals surface area contributed by atoms with Crippen LogP contribution in [0.25, 0.3) is 0 Å². The standard InChI is InChI=1S/C22H41NO5/c1-16(2)12-10-8-7-9-11-13-18(14-20(25)26)21(27)23-19(22(4,5)6)15-28-17(3)24/h16,18-19H,7-15H2,1-6H3,(H,23,27)(H,25,26)/t18-,19-/m1/s1. The number of hydrogen-bond acceptors (Lipinski definition) is 4. The van der Waals surface area contributed by atoms with E-state index in [2.05, 4.69) is 19.2 Å². The topological polar surface area (TPSA) is 92.7 Å². The average molecular weight is 400 g/mol. The van der Waals surface area contributed by atoms with Gasteiger partial charge in [0.05, 0.1) is 12.5 Å². The summed E-state index contributed by atoms with van der Waals surface area (Å²) < 4.78 is 5.08. The van der Waals surface area contributed by atoms with Crippen molar-refractivity contribution >= 4 is 17.8 Å². The van der Waals surface area contributed by atoms with Gasteiger partial charge in [-0.05, 0) is 17.8 Å². The molecule has 0 aliphatic heterocycles. The molecule has 28 heavy (non-hydrogen) atoms. The SMILES string of the molecule is CC(=O)OC[C@@H](NC(=O)[C@H](CCCCCCCC(C)C)CC(=O)O)C(C)(C)C. The summed E-state index contributed by atoms with van der Waals surface area (Å²) in [7, 11) is 0. The third kappa shape index (κ3) is 13.6. The number of carboxylic acid groups (broad SMARTS) is 1. The third-order valence-electron chi connectivity index (χ3n) is 4.94.